The van der Waals surface area contributed by atoms with Crippen LogP contribution in [0.4, 0.5) is 5.69 Å². The number of fused-ring (bicyclic) bond motifs is 1. The van der Waals surface area contributed by atoms with E-state index in [4.69, 9.17) is 9.47 Å². The van der Waals surface area contributed by atoms with Crippen LogP contribution < -0.4 is 5.32 Å². The van der Waals surface area contributed by atoms with E-state index < -0.39 is 6.29 Å². The predicted octanol–water partition coefficient (Wildman–Crippen LogP) is 6.53. The molecule has 1 heterocycles. The van der Waals surface area contributed by atoms with E-state index in [1.165, 1.54) is 23.3 Å². The first-order valence-electron chi connectivity index (χ1n) is 13.5. The highest BCUT2D eigenvalue weighted by Crippen LogP contribution is 2.39. The summed E-state index contributed by atoms with van der Waals surface area (Å²) in [6.45, 7) is 4.47. The lowest BCUT2D eigenvalue weighted by Crippen LogP contribution is -2.38. The van der Waals surface area contributed by atoms with Crippen molar-refractivity contribution in [1.29, 1.82) is 0 Å². The zero-order chi connectivity index (χ0) is 27.4. The van der Waals surface area contributed by atoms with Gasteiger partial charge in [0.15, 0.2) is 6.29 Å². The van der Waals surface area contributed by atoms with Crippen LogP contribution in [-0.2, 0) is 20.9 Å². The normalized spacial score (nSPS) is 20.2. The Morgan fingerprint density at radius 1 is 0.949 bits per heavy atom. The Morgan fingerprint density at radius 3 is 2.33 bits per heavy atom. The maximum atomic E-state index is 11.4. The van der Waals surface area contributed by atoms with Crippen molar-refractivity contribution in [2.75, 3.05) is 18.9 Å². The maximum Gasteiger partial charge on any atom is 0.221 e. The number of hydrogen-bond donors (Lipinski definition) is 2. The first-order valence-corrected chi connectivity index (χ1v) is 13.5. The molecule has 39 heavy (non-hydrogen) atoms. The fraction of sp³-hybridized carbons (Fsp3) is 0.303. The van der Waals surface area contributed by atoms with E-state index in [1.807, 2.05) is 48.5 Å². The number of ether oxygens (including phenoxy) is 2. The number of aliphatic hydroxyl groups is 1. The summed E-state index contributed by atoms with van der Waals surface area (Å²) in [6, 6.07) is 30.8. The van der Waals surface area contributed by atoms with Crippen LogP contribution in [-0.4, -0.2) is 35.6 Å². The van der Waals surface area contributed by atoms with Gasteiger partial charge in [-0.3, -0.25) is 9.69 Å². The largest absolute Gasteiger partial charge is 0.392 e. The summed E-state index contributed by atoms with van der Waals surface area (Å²) in [6.07, 6.45) is -0.0367. The molecular weight excluding hydrogens is 488 g/mol. The van der Waals surface area contributed by atoms with Crippen LogP contribution in [0, 0.1) is 0 Å². The molecule has 4 aromatic carbocycles. The van der Waals surface area contributed by atoms with Crippen molar-refractivity contribution < 1.29 is 19.4 Å². The van der Waals surface area contributed by atoms with Gasteiger partial charge < -0.3 is 19.9 Å². The summed E-state index contributed by atoms with van der Waals surface area (Å²) in [5.41, 5.74) is 4.83. The van der Waals surface area contributed by atoms with Crippen molar-refractivity contribution in [3.05, 3.63) is 113 Å². The minimum atomic E-state index is -0.540. The number of amides is 1. The fourth-order valence-electron chi connectivity index (χ4n) is 5.16. The average molecular weight is 525 g/mol. The van der Waals surface area contributed by atoms with E-state index >= 15 is 0 Å². The summed E-state index contributed by atoms with van der Waals surface area (Å²) in [5, 5.41) is 14.8. The maximum absolute atomic E-state index is 11.4. The molecule has 0 aliphatic carbocycles. The number of hydrogen-bond acceptors (Lipinski definition) is 5. The number of benzene rings is 4. The van der Waals surface area contributed by atoms with Crippen LogP contribution in [0.3, 0.4) is 0 Å². The molecule has 1 amide bonds. The highest BCUT2D eigenvalue weighted by Gasteiger charge is 2.33. The minimum absolute atomic E-state index is 0.0122. The molecule has 0 radical (unpaired) electrons. The van der Waals surface area contributed by atoms with Crippen molar-refractivity contribution in [3.8, 4) is 0 Å². The van der Waals surface area contributed by atoms with Gasteiger partial charge in [-0.25, -0.2) is 0 Å². The third-order valence-corrected chi connectivity index (χ3v) is 7.53. The summed E-state index contributed by atoms with van der Waals surface area (Å²) < 4.78 is 13.0. The molecule has 0 spiro atoms. The molecular formula is C33H36N2O4. The Kier molecular flexibility index (Phi) is 8.38. The van der Waals surface area contributed by atoms with Crippen molar-refractivity contribution >= 4 is 22.4 Å². The van der Waals surface area contributed by atoms with Crippen LogP contribution in [0.15, 0.2) is 91.0 Å². The standard InChI is InChI=1S/C33H36N2O4/c1-22(28-13-12-25-6-4-5-7-29(25)18-28)35(3)20-31-19-32(26-10-8-24(21-36)9-11-26)39-33(38-31)27-14-16-30(17-15-27)34-23(2)37/h4-18,22,31-33,36H,19-21H2,1-3H3,(H,34,37)/t22-,31-,32+,33+/m1/s1. The molecule has 4 aromatic rings. The number of carbonyl (C=O) groups excluding carboxylic acids is 1. The van der Waals surface area contributed by atoms with Crippen LogP contribution in [0.25, 0.3) is 10.8 Å². The topological polar surface area (TPSA) is 71.0 Å². The first-order chi connectivity index (χ1) is 18.9. The Morgan fingerprint density at radius 2 is 1.64 bits per heavy atom. The summed E-state index contributed by atoms with van der Waals surface area (Å²) in [7, 11) is 2.14. The number of aliphatic hydroxyl groups excluding tert-OH is 1. The van der Waals surface area contributed by atoms with E-state index in [9.17, 15) is 9.90 Å². The van der Waals surface area contributed by atoms with Crippen molar-refractivity contribution in [2.24, 2.45) is 0 Å². The van der Waals surface area contributed by atoms with E-state index in [1.54, 1.807) is 0 Å². The van der Waals surface area contributed by atoms with Gasteiger partial charge in [0.25, 0.3) is 0 Å². The Balaban J connectivity index is 1.35. The molecule has 202 valence electrons. The number of anilines is 1. The van der Waals surface area contributed by atoms with Gasteiger partial charge in [0.1, 0.15) is 0 Å². The quantitative estimate of drug-likeness (QED) is 0.274. The smallest absolute Gasteiger partial charge is 0.221 e. The van der Waals surface area contributed by atoms with Gasteiger partial charge in [0.05, 0.1) is 18.8 Å². The van der Waals surface area contributed by atoms with Crippen LogP contribution in [0.2, 0.25) is 0 Å². The average Bonchev–Trinajstić information content (AvgIpc) is 2.96. The highest BCUT2D eigenvalue weighted by molar-refractivity contribution is 5.88. The highest BCUT2D eigenvalue weighted by atomic mass is 16.7. The van der Waals surface area contributed by atoms with Crippen molar-refractivity contribution in [3.63, 3.8) is 0 Å². The Bertz CT molecular complexity index is 1400. The second-order valence-electron chi connectivity index (χ2n) is 10.4. The van der Waals surface area contributed by atoms with Crippen LogP contribution in [0.1, 0.15) is 61.0 Å². The van der Waals surface area contributed by atoms with Gasteiger partial charge >= 0.3 is 0 Å². The van der Waals surface area contributed by atoms with Crippen molar-refractivity contribution in [1.82, 2.24) is 4.90 Å². The van der Waals surface area contributed by atoms with Crippen molar-refractivity contribution in [2.45, 2.75) is 51.4 Å². The Labute approximate surface area is 230 Å². The zero-order valence-electron chi connectivity index (χ0n) is 22.7. The number of nitrogens with zero attached hydrogens (tertiary/aromatic N) is 1. The predicted molar refractivity (Wildman–Crippen MR) is 154 cm³/mol. The summed E-state index contributed by atoms with van der Waals surface area (Å²) >= 11 is 0. The molecule has 0 saturated carbocycles. The van der Waals surface area contributed by atoms with Crippen LogP contribution >= 0.6 is 0 Å². The lowest BCUT2D eigenvalue weighted by atomic mass is 9.98. The minimum Gasteiger partial charge on any atom is -0.392 e. The lowest BCUT2D eigenvalue weighted by Gasteiger charge is -2.39. The molecule has 6 nitrogen and oxygen atoms in total. The second-order valence-corrected chi connectivity index (χ2v) is 10.4. The molecule has 4 atom stereocenters. The van der Waals surface area contributed by atoms with Gasteiger partial charge in [0, 0.05) is 37.2 Å². The lowest BCUT2D eigenvalue weighted by molar-refractivity contribution is -0.253. The third-order valence-electron chi connectivity index (χ3n) is 7.53. The van der Waals surface area contributed by atoms with E-state index in [0.29, 0.717) is 6.42 Å². The van der Waals surface area contributed by atoms with E-state index in [-0.39, 0.29) is 30.8 Å². The van der Waals surface area contributed by atoms with Crippen LogP contribution in [0.5, 0.6) is 0 Å². The number of nitrogens with one attached hydrogen (secondary N) is 1. The molecule has 1 aliphatic rings. The van der Waals surface area contributed by atoms with Gasteiger partial charge in [0.2, 0.25) is 5.91 Å². The molecule has 0 bridgehead atoms. The molecule has 2 N–H and O–H groups in total. The van der Waals surface area contributed by atoms with Gasteiger partial charge in [-0.15, -0.1) is 0 Å². The van der Waals surface area contributed by atoms with Gasteiger partial charge in [-0.2, -0.15) is 0 Å². The third kappa shape index (κ3) is 6.54. The molecule has 1 saturated heterocycles. The zero-order valence-corrected chi connectivity index (χ0v) is 22.7. The molecule has 0 unspecified atom stereocenters. The molecule has 0 aromatic heterocycles. The van der Waals surface area contributed by atoms with E-state index in [0.717, 1.165) is 28.9 Å². The monoisotopic (exact) mass is 524 g/mol. The SMILES string of the molecule is CC(=O)Nc1ccc([C@H]2O[C@@H](CN(C)[C@H](C)c3ccc4ccccc4c3)C[C@@H](c3ccc(CO)cc3)O2)cc1. The molecule has 1 aliphatic heterocycles. The molecule has 1 fully saturated rings. The number of rotatable bonds is 8. The number of carbonyl (C=O) groups is 1. The first kappa shape index (κ1) is 27.0. The second kappa shape index (κ2) is 12.1. The summed E-state index contributed by atoms with van der Waals surface area (Å²) in [4.78, 5) is 13.8. The fourth-order valence-corrected chi connectivity index (χ4v) is 5.16. The molecule has 5 rings (SSSR count). The number of likely N-dealkylation sites (N-methyl/N-ethyl adjacent to an activating group) is 1. The van der Waals surface area contributed by atoms with Gasteiger partial charge in [-0.1, -0.05) is 72.8 Å². The van der Waals surface area contributed by atoms with Gasteiger partial charge in [-0.05, 0) is 59.6 Å². The van der Waals surface area contributed by atoms with E-state index in [2.05, 4.69) is 66.7 Å². The Hall–Kier alpha value is -3.55. The summed E-state index contributed by atoms with van der Waals surface area (Å²) in [5.74, 6) is -0.108. The molecule has 6 heteroatoms.